The van der Waals surface area contributed by atoms with Crippen molar-refractivity contribution in [2.75, 3.05) is 5.73 Å². The van der Waals surface area contributed by atoms with Crippen molar-refractivity contribution < 1.29 is 8.42 Å². The molecule has 3 unspecified atom stereocenters. The summed E-state index contributed by atoms with van der Waals surface area (Å²) in [5.74, 6) is 1.27. The number of nitrogens with one attached hydrogen (secondary N) is 1. The fourth-order valence-corrected chi connectivity index (χ4v) is 4.62. The molecule has 0 saturated heterocycles. The third-order valence-electron chi connectivity index (χ3n) is 4.24. The van der Waals surface area contributed by atoms with Gasteiger partial charge in [0.15, 0.2) is 0 Å². The van der Waals surface area contributed by atoms with Gasteiger partial charge in [0, 0.05) is 11.7 Å². The summed E-state index contributed by atoms with van der Waals surface area (Å²) in [4.78, 5) is 0.305. The zero-order chi connectivity index (χ0) is 12.8. The summed E-state index contributed by atoms with van der Waals surface area (Å²) in [6.45, 7) is 0. The van der Waals surface area contributed by atoms with E-state index in [0.717, 1.165) is 12.3 Å². The molecule has 1 aromatic rings. The lowest BCUT2D eigenvalue weighted by Gasteiger charge is -2.22. The number of rotatable bonds is 3. The Balaban J connectivity index is 1.77. The first kappa shape index (κ1) is 12.0. The van der Waals surface area contributed by atoms with E-state index < -0.39 is 10.0 Å². The highest BCUT2D eigenvalue weighted by molar-refractivity contribution is 7.89. The van der Waals surface area contributed by atoms with Crippen LogP contribution in [0.3, 0.4) is 0 Å². The largest absolute Gasteiger partial charge is 0.399 e. The summed E-state index contributed by atoms with van der Waals surface area (Å²) in [6.07, 6.45) is 4.62. The highest BCUT2D eigenvalue weighted by atomic mass is 32.2. The lowest BCUT2D eigenvalue weighted by Crippen LogP contribution is -2.38. The van der Waals surface area contributed by atoms with E-state index in [9.17, 15) is 8.42 Å². The SMILES string of the molecule is Nc1ccc(S(=O)(=O)NC2CC3CCC2C3)cc1. The molecular formula is C13H18N2O2S. The van der Waals surface area contributed by atoms with Crippen molar-refractivity contribution in [3.05, 3.63) is 24.3 Å². The Labute approximate surface area is 108 Å². The van der Waals surface area contributed by atoms with Crippen LogP contribution in [-0.4, -0.2) is 14.5 Å². The number of hydrogen-bond acceptors (Lipinski definition) is 3. The van der Waals surface area contributed by atoms with Crippen LogP contribution in [0.5, 0.6) is 0 Å². The second kappa shape index (κ2) is 4.24. The summed E-state index contributed by atoms with van der Waals surface area (Å²) in [6, 6.07) is 6.49. The minimum absolute atomic E-state index is 0.131. The average molecular weight is 266 g/mol. The number of hydrogen-bond donors (Lipinski definition) is 2. The van der Waals surface area contributed by atoms with Gasteiger partial charge in [-0.1, -0.05) is 6.42 Å². The molecule has 1 aromatic carbocycles. The minimum Gasteiger partial charge on any atom is -0.399 e. The molecule has 0 radical (unpaired) electrons. The maximum Gasteiger partial charge on any atom is 0.240 e. The fourth-order valence-electron chi connectivity index (χ4n) is 3.30. The molecule has 0 aliphatic heterocycles. The molecule has 2 fully saturated rings. The number of fused-ring (bicyclic) bond motifs is 2. The summed E-state index contributed by atoms with van der Waals surface area (Å²) >= 11 is 0. The van der Waals surface area contributed by atoms with Gasteiger partial charge in [-0.05, 0) is 55.4 Å². The molecule has 0 aromatic heterocycles. The summed E-state index contributed by atoms with van der Waals surface area (Å²) in [5.41, 5.74) is 6.15. The molecule has 0 heterocycles. The number of sulfonamides is 1. The Kier molecular flexibility index (Phi) is 2.83. The lowest BCUT2D eigenvalue weighted by atomic mass is 9.96. The Hall–Kier alpha value is -1.07. The predicted molar refractivity (Wildman–Crippen MR) is 70.4 cm³/mol. The van der Waals surface area contributed by atoms with Crippen molar-refractivity contribution in [1.29, 1.82) is 0 Å². The molecule has 2 saturated carbocycles. The van der Waals surface area contributed by atoms with Crippen LogP contribution in [0.1, 0.15) is 25.7 Å². The van der Waals surface area contributed by atoms with Gasteiger partial charge in [0.2, 0.25) is 10.0 Å². The molecule has 3 N–H and O–H groups in total. The van der Waals surface area contributed by atoms with Gasteiger partial charge >= 0.3 is 0 Å². The minimum atomic E-state index is -3.39. The molecule has 2 bridgehead atoms. The van der Waals surface area contributed by atoms with E-state index in [1.165, 1.54) is 19.3 Å². The van der Waals surface area contributed by atoms with Crippen LogP contribution in [-0.2, 0) is 10.0 Å². The van der Waals surface area contributed by atoms with E-state index in [0.29, 0.717) is 16.5 Å². The van der Waals surface area contributed by atoms with Gasteiger partial charge in [-0.3, -0.25) is 0 Å². The van der Waals surface area contributed by atoms with Crippen molar-refractivity contribution in [2.45, 2.75) is 36.6 Å². The quantitative estimate of drug-likeness (QED) is 0.818. The maximum atomic E-state index is 12.2. The van der Waals surface area contributed by atoms with Gasteiger partial charge in [-0.25, -0.2) is 13.1 Å². The zero-order valence-corrected chi connectivity index (χ0v) is 11.0. The van der Waals surface area contributed by atoms with Gasteiger partial charge in [-0.15, -0.1) is 0 Å². The fraction of sp³-hybridized carbons (Fsp3) is 0.538. The van der Waals surface area contributed by atoms with Crippen LogP contribution >= 0.6 is 0 Å². The van der Waals surface area contributed by atoms with E-state index in [2.05, 4.69) is 4.72 Å². The first-order valence-electron chi connectivity index (χ1n) is 6.42. The third-order valence-corrected chi connectivity index (χ3v) is 5.74. The van der Waals surface area contributed by atoms with E-state index in [1.807, 2.05) is 0 Å². The van der Waals surface area contributed by atoms with E-state index in [-0.39, 0.29) is 6.04 Å². The third kappa shape index (κ3) is 2.12. The molecule has 4 nitrogen and oxygen atoms in total. The number of benzene rings is 1. The topological polar surface area (TPSA) is 72.2 Å². The molecule has 98 valence electrons. The van der Waals surface area contributed by atoms with Crippen LogP contribution in [0.25, 0.3) is 0 Å². The van der Waals surface area contributed by atoms with Gasteiger partial charge in [0.1, 0.15) is 0 Å². The molecule has 3 rings (SSSR count). The van der Waals surface area contributed by atoms with Gasteiger partial charge in [-0.2, -0.15) is 0 Å². The molecule has 18 heavy (non-hydrogen) atoms. The van der Waals surface area contributed by atoms with E-state index in [1.54, 1.807) is 24.3 Å². The monoisotopic (exact) mass is 266 g/mol. The second-order valence-electron chi connectivity index (χ2n) is 5.47. The summed E-state index contributed by atoms with van der Waals surface area (Å²) in [7, 11) is -3.39. The average Bonchev–Trinajstić information content (AvgIpc) is 2.91. The predicted octanol–water partition coefficient (Wildman–Crippen LogP) is 1.74. The molecule has 3 atom stereocenters. The standard InChI is InChI=1S/C13H18N2O2S/c14-11-3-5-12(6-4-11)18(16,17)15-13-8-9-1-2-10(13)7-9/h3-6,9-10,13,15H,1-2,7-8,14H2. The highest BCUT2D eigenvalue weighted by Crippen LogP contribution is 2.44. The highest BCUT2D eigenvalue weighted by Gasteiger charge is 2.41. The number of nitrogens with two attached hydrogens (primary N) is 1. The summed E-state index contributed by atoms with van der Waals surface area (Å²) < 4.78 is 27.3. The zero-order valence-electron chi connectivity index (χ0n) is 10.2. The van der Waals surface area contributed by atoms with Crippen molar-refractivity contribution in [3.63, 3.8) is 0 Å². The van der Waals surface area contributed by atoms with Gasteiger partial charge in [0.05, 0.1) is 4.90 Å². The van der Waals surface area contributed by atoms with Crippen LogP contribution < -0.4 is 10.5 Å². The Morgan fingerprint density at radius 2 is 1.83 bits per heavy atom. The van der Waals surface area contributed by atoms with Crippen LogP contribution in [0.4, 0.5) is 5.69 Å². The smallest absolute Gasteiger partial charge is 0.240 e. The van der Waals surface area contributed by atoms with Crippen molar-refractivity contribution >= 4 is 15.7 Å². The van der Waals surface area contributed by atoms with Crippen molar-refractivity contribution in [1.82, 2.24) is 4.72 Å². The van der Waals surface area contributed by atoms with E-state index in [4.69, 9.17) is 5.73 Å². The van der Waals surface area contributed by atoms with Crippen molar-refractivity contribution in [2.24, 2.45) is 11.8 Å². The van der Waals surface area contributed by atoms with Gasteiger partial charge in [0.25, 0.3) is 0 Å². The Morgan fingerprint density at radius 3 is 2.39 bits per heavy atom. The molecular weight excluding hydrogens is 248 g/mol. The molecule has 0 spiro atoms. The number of anilines is 1. The van der Waals surface area contributed by atoms with E-state index >= 15 is 0 Å². The lowest BCUT2D eigenvalue weighted by molar-refractivity contribution is 0.390. The summed E-state index contributed by atoms with van der Waals surface area (Å²) in [5, 5.41) is 0. The Morgan fingerprint density at radius 1 is 1.11 bits per heavy atom. The molecule has 5 heteroatoms. The van der Waals surface area contributed by atoms with Crippen LogP contribution in [0.15, 0.2) is 29.2 Å². The second-order valence-corrected chi connectivity index (χ2v) is 7.19. The van der Waals surface area contributed by atoms with Gasteiger partial charge < -0.3 is 5.73 Å². The maximum absolute atomic E-state index is 12.2. The van der Waals surface area contributed by atoms with Crippen LogP contribution in [0.2, 0.25) is 0 Å². The van der Waals surface area contributed by atoms with Crippen molar-refractivity contribution in [3.8, 4) is 0 Å². The molecule has 2 aliphatic carbocycles. The normalized spacial score (nSPS) is 30.8. The number of nitrogen functional groups attached to an aromatic ring is 1. The first-order valence-corrected chi connectivity index (χ1v) is 7.91. The van der Waals surface area contributed by atoms with Crippen LogP contribution in [0, 0.1) is 11.8 Å². The first-order chi connectivity index (χ1) is 8.54. The Bertz CT molecular complexity index is 539. The molecule has 2 aliphatic rings. The molecule has 0 amide bonds.